The van der Waals surface area contributed by atoms with Gasteiger partial charge in [0, 0.05) is 0 Å². The van der Waals surface area contributed by atoms with Crippen molar-refractivity contribution in [3.05, 3.63) is 30.1 Å². The molecule has 0 aliphatic carbocycles. The summed E-state index contributed by atoms with van der Waals surface area (Å²) in [7, 11) is 0. The van der Waals surface area contributed by atoms with Gasteiger partial charge in [-0.15, -0.1) is 11.6 Å². The first-order valence-electron chi connectivity index (χ1n) is 6.13. The molecule has 4 nitrogen and oxygen atoms in total. The molecule has 0 fully saturated rings. The maximum atomic E-state index is 12.3. The minimum atomic E-state index is -2.92. The second-order valence-electron chi connectivity index (χ2n) is 4.09. The number of alkyl halides is 3. The quantitative estimate of drug-likeness (QED) is 0.741. The summed E-state index contributed by atoms with van der Waals surface area (Å²) in [5.41, 5.74) is 0.312. The van der Waals surface area contributed by atoms with Gasteiger partial charge in [-0.1, -0.05) is 30.6 Å². The molecule has 0 radical (unpaired) electrons. The topological polar surface area (TPSA) is 48.2 Å². The highest BCUT2D eigenvalue weighted by Gasteiger charge is 2.19. The Morgan fingerprint density at radius 1 is 1.35 bits per heavy atom. The Morgan fingerprint density at radius 2 is 2.10 bits per heavy atom. The summed E-state index contributed by atoms with van der Waals surface area (Å²) >= 11 is 6.10. The molecule has 1 heterocycles. The lowest BCUT2D eigenvalue weighted by Gasteiger charge is -2.07. The SMILES string of the molecule is CCCC(Cl)c1noc(-c2ccccc2OC(F)F)n1. The fraction of sp³-hybridized carbons (Fsp3) is 0.385. The predicted octanol–water partition coefficient (Wildman–Crippen LogP) is 4.42. The fourth-order valence-electron chi connectivity index (χ4n) is 1.70. The van der Waals surface area contributed by atoms with E-state index < -0.39 is 6.61 Å². The van der Waals surface area contributed by atoms with Crippen molar-refractivity contribution in [1.82, 2.24) is 10.1 Å². The molecule has 7 heteroatoms. The fourth-order valence-corrected chi connectivity index (χ4v) is 2.00. The van der Waals surface area contributed by atoms with Gasteiger partial charge in [-0.25, -0.2) is 0 Å². The Morgan fingerprint density at radius 3 is 2.80 bits per heavy atom. The van der Waals surface area contributed by atoms with Gasteiger partial charge in [-0.2, -0.15) is 13.8 Å². The van der Waals surface area contributed by atoms with Gasteiger partial charge in [0.15, 0.2) is 5.82 Å². The number of aromatic nitrogens is 2. The van der Waals surface area contributed by atoms with Gasteiger partial charge in [0.2, 0.25) is 0 Å². The largest absolute Gasteiger partial charge is 0.434 e. The molecular formula is C13H13ClF2N2O2. The van der Waals surface area contributed by atoms with E-state index in [0.717, 1.165) is 6.42 Å². The van der Waals surface area contributed by atoms with Crippen molar-refractivity contribution < 1.29 is 18.0 Å². The summed E-state index contributed by atoms with van der Waals surface area (Å²) in [6.07, 6.45) is 1.58. The number of hydrogen-bond acceptors (Lipinski definition) is 4. The number of ether oxygens (including phenoxy) is 1. The van der Waals surface area contributed by atoms with Gasteiger partial charge in [0.05, 0.1) is 10.9 Å². The monoisotopic (exact) mass is 302 g/mol. The number of benzene rings is 1. The van der Waals surface area contributed by atoms with Crippen LogP contribution in [0.1, 0.15) is 31.0 Å². The van der Waals surface area contributed by atoms with Crippen molar-refractivity contribution >= 4 is 11.6 Å². The molecular weight excluding hydrogens is 290 g/mol. The summed E-state index contributed by atoms with van der Waals surface area (Å²) in [5, 5.41) is 3.41. The van der Waals surface area contributed by atoms with Gasteiger partial charge in [-0.3, -0.25) is 0 Å². The molecule has 1 aromatic heterocycles. The van der Waals surface area contributed by atoms with Crippen LogP contribution >= 0.6 is 11.6 Å². The maximum absolute atomic E-state index is 12.3. The van der Waals surface area contributed by atoms with E-state index in [-0.39, 0.29) is 17.0 Å². The van der Waals surface area contributed by atoms with Crippen LogP contribution in [-0.2, 0) is 0 Å². The van der Waals surface area contributed by atoms with E-state index in [1.165, 1.54) is 6.07 Å². The van der Waals surface area contributed by atoms with Crippen LogP contribution in [0.4, 0.5) is 8.78 Å². The van der Waals surface area contributed by atoms with Crippen LogP contribution in [0.25, 0.3) is 11.5 Å². The normalized spacial score (nSPS) is 12.7. The molecule has 108 valence electrons. The van der Waals surface area contributed by atoms with Gasteiger partial charge in [0.1, 0.15) is 5.75 Å². The van der Waals surface area contributed by atoms with Crippen molar-refractivity contribution in [3.8, 4) is 17.2 Å². The second-order valence-corrected chi connectivity index (χ2v) is 4.62. The predicted molar refractivity (Wildman–Crippen MR) is 69.9 cm³/mol. The first kappa shape index (κ1) is 14.7. The van der Waals surface area contributed by atoms with Crippen LogP contribution in [0, 0.1) is 0 Å². The van der Waals surface area contributed by atoms with Crippen LogP contribution in [0.15, 0.2) is 28.8 Å². The van der Waals surface area contributed by atoms with Crippen LogP contribution in [0.5, 0.6) is 5.75 Å². The molecule has 2 aromatic rings. The standard InChI is InChI=1S/C13H13ClF2N2O2/c1-2-5-9(14)11-17-12(20-18-11)8-6-3-4-7-10(8)19-13(15)16/h3-4,6-7,9,13H,2,5H2,1H3. The average molecular weight is 303 g/mol. The molecule has 1 aromatic carbocycles. The Labute approximate surface area is 119 Å². The van der Waals surface area contributed by atoms with Crippen molar-refractivity contribution in [3.63, 3.8) is 0 Å². The summed E-state index contributed by atoms with van der Waals surface area (Å²) in [4.78, 5) is 4.13. The molecule has 0 amide bonds. The third kappa shape index (κ3) is 3.45. The number of para-hydroxylation sites is 1. The molecule has 1 atom stereocenters. The van der Waals surface area contributed by atoms with Gasteiger partial charge < -0.3 is 9.26 Å². The van der Waals surface area contributed by atoms with E-state index in [1.54, 1.807) is 18.2 Å². The molecule has 0 saturated carbocycles. The number of halogens is 3. The molecule has 0 saturated heterocycles. The first-order valence-corrected chi connectivity index (χ1v) is 6.57. The first-order chi connectivity index (χ1) is 9.61. The van der Waals surface area contributed by atoms with Crippen LogP contribution in [0.3, 0.4) is 0 Å². The summed E-state index contributed by atoms with van der Waals surface area (Å²) in [6.45, 7) is -0.929. The van der Waals surface area contributed by atoms with E-state index in [4.69, 9.17) is 16.1 Å². The third-order valence-electron chi connectivity index (χ3n) is 2.60. The zero-order chi connectivity index (χ0) is 14.5. The highest BCUT2D eigenvalue weighted by molar-refractivity contribution is 6.20. The maximum Gasteiger partial charge on any atom is 0.387 e. The van der Waals surface area contributed by atoms with E-state index in [9.17, 15) is 8.78 Å². The molecule has 0 N–H and O–H groups in total. The Hall–Kier alpha value is -1.69. The molecule has 0 aliphatic rings. The van der Waals surface area contributed by atoms with E-state index in [0.29, 0.717) is 17.8 Å². The van der Waals surface area contributed by atoms with Crippen LogP contribution < -0.4 is 4.74 Å². The lowest BCUT2D eigenvalue weighted by Crippen LogP contribution is -2.03. The van der Waals surface area contributed by atoms with Crippen LogP contribution in [-0.4, -0.2) is 16.8 Å². The molecule has 0 bridgehead atoms. The number of rotatable bonds is 6. The second kappa shape index (κ2) is 6.65. The highest BCUT2D eigenvalue weighted by atomic mass is 35.5. The molecule has 20 heavy (non-hydrogen) atoms. The number of nitrogens with zero attached hydrogens (tertiary/aromatic N) is 2. The Balaban J connectivity index is 2.28. The van der Waals surface area contributed by atoms with Crippen molar-refractivity contribution in [2.45, 2.75) is 31.8 Å². The molecule has 2 rings (SSSR count). The van der Waals surface area contributed by atoms with Crippen molar-refractivity contribution in [1.29, 1.82) is 0 Å². The molecule has 1 unspecified atom stereocenters. The zero-order valence-corrected chi connectivity index (χ0v) is 11.5. The lowest BCUT2D eigenvalue weighted by molar-refractivity contribution is -0.0495. The summed E-state index contributed by atoms with van der Waals surface area (Å²) < 4.78 is 34.2. The minimum Gasteiger partial charge on any atom is -0.434 e. The van der Waals surface area contributed by atoms with Crippen LogP contribution in [0.2, 0.25) is 0 Å². The Kier molecular flexibility index (Phi) is 4.89. The zero-order valence-electron chi connectivity index (χ0n) is 10.7. The Bertz CT molecular complexity index is 563. The minimum absolute atomic E-state index is 0.0145. The molecule has 0 spiro atoms. The average Bonchev–Trinajstić information content (AvgIpc) is 2.88. The van der Waals surface area contributed by atoms with Gasteiger partial charge in [-0.05, 0) is 18.6 Å². The summed E-state index contributed by atoms with van der Waals surface area (Å²) in [6, 6.07) is 6.23. The van der Waals surface area contributed by atoms with Gasteiger partial charge >= 0.3 is 6.61 Å². The molecule has 0 aliphatic heterocycles. The van der Waals surface area contributed by atoms with Crippen molar-refractivity contribution in [2.24, 2.45) is 0 Å². The third-order valence-corrected chi connectivity index (χ3v) is 3.01. The highest BCUT2D eigenvalue weighted by Crippen LogP contribution is 2.31. The van der Waals surface area contributed by atoms with E-state index in [2.05, 4.69) is 14.9 Å². The summed E-state index contributed by atoms with van der Waals surface area (Å²) in [5.74, 6) is 0.438. The van der Waals surface area contributed by atoms with Crippen molar-refractivity contribution in [2.75, 3.05) is 0 Å². The van der Waals surface area contributed by atoms with E-state index >= 15 is 0 Å². The van der Waals surface area contributed by atoms with Gasteiger partial charge in [0.25, 0.3) is 5.89 Å². The van der Waals surface area contributed by atoms with E-state index in [1.807, 2.05) is 6.92 Å². The smallest absolute Gasteiger partial charge is 0.387 e. The number of hydrogen-bond donors (Lipinski definition) is 0. The lowest BCUT2D eigenvalue weighted by atomic mass is 10.2.